The molecule has 1 aliphatic carbocycles. The van der Waals surface area contributed by atoms with Crippen LogP contribution in [0.2, 0.25) is 0 Å². The number of imidazole rings is 1. The molecule has 12 nitrogen and oxygen atoms in total. The monoisotopic (exact) mass is 733 g/mol. The van der Waals surface area contributed by atoms with Crippen LogP contribution in [0.15, 0.2) is 59.5 Å². The standard InChI is InChI=1S/C40H43N7O5S/c1-40(2,52)27-21-30-33(22-29(27)42-36(49)28-11-5-6-19-41-28)53-38(43-30)26-15-13-24(14-16-26)23-45(3)20-8-10-25-9-7-12-31-35(25)46(4)39(51)47(31)32-17-18-34(48)44-37(32)50/h5-7,9,11-12,19,21-22,24,26,32,52H,13-18,20,23H2,1-4H3,(H,42,49)(H,44,48,50). The number of piperidine rings is 1. The second kappa shape index (κ2) is 14.7. The molecule has 0 spiro atoms. The van der Waals surface area contributed by atoms with Crippen LogP contribution in [-0.4, -0.2) is 67.0 Å². The average Bonchev–Trinajstić information content (AvgIpc) is 3.66. The molecule has 53 heavy (non-hydrogen) atoms. The molecule has 1 saturated heterocycles. The van der Waals surface area contributed by atoms with Gasteiger partial charge in [-0.15, -0.1) is 11.3 Å². The summed E-state index contributed by atoms with van der Waals surface area (Å²) in [7, 11) is 3.76. The van der Waals surface area contributed by atoms with Gasteiger partial charge in [-0.1, -0.05) is 24.0 Å². The summed E-state index contributed by atoms with van der Waals surface area (Å²) in [6.45, 7) is 4.90. The maximum atomic E-state index is 13.2. The first kappa shape index (κ1) is 36.2. The van der Waals surface area contributed by atoms with Gasteiger partial charge in [0, 0.05) is 43.4 Å². The van der Waals surface area contributed by atoms with Gasteiger partial charge in [-0.2, -0.15) is 0 Å². The Morgan fingerprint density at radius 1 is 1.09 bits per heavy atom. The number of hydrogen-bond acceptors (Lipinski definition) is 9. The number of pyridine rings is 1. The van der Waals surface area contributed by atoms with Crippen LogP contribution < -0.4 is 16.3 Å². The van der Waals surface area contributed by atoms with E-state index in [1.165, 1.54) is 9.13 Å². The van der Waals surface area contributed by atoms with Crippen molar-refractivity contribution in [3.05, 3.63) is 87.0 Å². The summed E-state index contributed by atoms with van der Waals surface area (Å²) in [5, 5.41) is 17.4. The number of para-hydroxylation sites is 1. The second-order valence-corrected chi connectivity index (χ2v) is 15.8. The summed E-state index contributed by atoms with van der Waals surface area (Å²) in [6, 6.07) is 13.8. The molecule has 0 bridgehead atoms. The van der Waals surface area contributed by atoms with E-state index >= 15 is 0 Å². The Morgan fingerprint density at radius 2 is 1.89 bits per heavy atom. The van der Waals surface area contributed by atoms with Crippen LogP contribution in [0.5, 0.6) is 0 Å². The molecular formula is C40H43N7O5S. The van der Waals surface area contributed by atoms with Crippen LogP contribution in [0.4, 0.5) is 5.69 Å². The third kappa shape index (κ3) is 7.53. The summed E-state index contributed by atoms with van der Waals surface area (Å²) in [5.41, 5.74) is 2.81. The van der Waals surface area contributed by atoms with Gasteiger partial charge in [-0.25, -0.2) is 9.78 Å². The van der Waals surface area contributed by atoms with Crippen molar-refractivity contribution in [1.82, 2.24) is 29.3 Å². The molecule has 5 aromatic rings. The van der Waals surface area contributed by atoms with Crippen molar-refractivity contribution in [3.8, 4) is 11.8 Å². The topological polar surface area (TPSA) is 151 Å². The fraction of sp³-hybridized carbons (Fsp3) is 0.400. The van der Waals surface area contributed by atoms with E-state index in [1.54, 1.807) is 56.6 Å². The van der Waals surface area contributed by atoms with Crippen molar-refractivity contribution in [1.29, 1.82) is 0 Å². The van der Waals surface area contributed by atoms with E-state index in [-0.39, 0.29) is 30.3 Å². The van der Waals surface area contributed by atoms with Crippen LogP contribution >= 0.6 is 11.3 Å². The lowest BCUT2D eigenvalue weighted by molar-refractivity contribution is -0.135. The number of carbonyl (C=O) groups is 3. The van der Waals surface area contributed by atoms with Gasteiger partial charge < -0.3 is 10.4 Å². The number of imide groups is 1. The van der Waals surface area contributed by atoms with Gasteiger partial charge >= 0.3 is 5.69 Å². The van der Waals surface area contributed by atoms with Crippen molar-refractivity contribution in [2.75, 3.05) is 25.5 Å². The van der Waals surface area contributed by atoms with Gasteiger partial charge in [0.15, 0.2) is 0 Å². The van der Waals surface area contributed by atoms with Gasteiger partial charge in [0.25, 0.3) is 5.91 Å². The fourth-order valence-electron chi connectivity index (χ4n) is 7.60. The fourth-order valence-corrected chi connectivity index (χ4v) is 8.75. The van der Waals surface area contributed by atoms with E-state index in [0.717, 1.165) is 53.0 Å². The van der Waals surface area contributed by atoms with Crippen LogP contribution in [0.25, 0.3) is 21.3 Å². The second-order valence-electron chi connectivity index (χ2n) is 14.7. The largest absolute Gasteiger partial charge is 0.386 e. The van der Waals surface area contributed by atoms with Gasteiger partial charge in [0.05, 0.1) is 44.0 Å². The number of hydrogen-bond donors (Lipinski definition) is 3. The molecule has 2 fully saturated rings. The Bertz CT molecular complexity index is 2340. The number of carbonyl (C=O) groups excluding carboxylic acids is 3. The first-order chi connectivity index (χ1) is 25.4. The third-order valence-electron chi connectivity index (χ3n) is 10.3. The van der Waals surface area contributed by atoms with Crippen LogP contribution in [0.3, 0.4) is 0 Å². The van der Waals surface area contributed by atoms with Gasteiger partial charge in [0.2, 0.25) is 11.8 Å². The van der Waals surface area contributed by atoms with Crippen molar-refractivity contribution in [2.45, 2.75) is 69.9 Å². The van der Waals surface area contributed by atoms with Gasteiger partial charge in [-0.3, -0.25) is 38.7 Å². The number of aromatic nitrogens is 4. The van der Waals surface area contributed by atoms with E-state index in [2.05, 4.69) is 39.4 Å². The minimum Gasteiger partial charge on any atom is -0.386 e. The summed E-state index contributed by atoms with van der Waals surface area (Å²) in [6.07, 6.45) is 6.27. The number of aryl methyl sites for hydroxylation is 1. The summed E-state index contributed by atoms with van der Waals surface area (Å²) in [4.78, 5) is 61.9. The van der Waals surface area contributed by atoms with Crippen molar-refractivity contribution in [2.24, 2.45) is 13.0 Å². The first-order valence-corrected chi connectivity index (χ1v) is 18.8. The van der Waals surface area contributed by atoms with E-state index in [4.69, 9.17) is 4.98 Å². The molecule has 7 rings (SSSR count). The molecule has 3 N–H and O–H groups in total. The van der Waals surface area contributed by atoms with Crippen LogP contribution in [-0.2, 0) is 22.2 Å². The number of nitrogens with one attached hydrogen (secondary N) is 2. The molecule has 2 aliphatic rings. The molecule has 4 heterocycles. The normalized spacial score (nSPS) is 19.3. The van der Waals surface area contributed by atoms with Gasteiger partial charge in [-0.05, 0) is 95.3 Å². The molecule has 3 amide bonds. The third-order valence-corrected chi connectivity index (χ3v) is 11.5. The number of thiazole rings is 1. The highest BCUT2D eigenvalue weighted by atomic mass is 32.1. The molecule has 1 saturated carbocycles. The lowest BCUT2D eigenvalue weighted by Gasteiger charge is -2.29. The molecule has 0 radical (unpaired) electrons. The zero-order chi connectivity index (χ0) is 37.4. The smallest absolute Gasteiger partial charge is 0.329 e. The summed E-state index contributed by atoms with van der Waals surface area (Å²) in [5.74, 6) is 6.34. The Balaban J connectivity index is 0.985. The molecule has 1 aliphatic heterocycles. The Morgan fingerprint density at radius 3 is 2.60 bits per heavy atom. The lowest BCUT2D eigenvalue weighted by atomic mass is 9.82. The highest BCUT2D eigenvalue weighted by Gasteiger charge is 2.32. The van der Waals surface area contributed by atoms with E-state index in [9.17, 15) is 24.3 Å². The van der Waals surface area contributed by atoms with Crippen molar-refractivity contribution in [3.63, 3.8) is 0 Å². The van der Waals surface area contributed by atoms with Crippen LogP contribution in [0, 0.1) is 17.8 Å². The molecule has 1 unspecified atom stereocenters. The molecule has 3 aromatic heterocycles. The molecule has 2 aromatic carbocycles. The van der Waals surface area contributed by atoms with Crippen LogP contribution in [0.1, 0.15) is 91.0 Å². The maximum absolute atomic E-state index is 13.2. The number of nitrogens with zero attached hydrogens (tertiary/aromatic N) is 5. The molecular weight excluding hydrogens is 691 g/mol. The summed E-state index contributed by atoms with van der Waals surface area (Å²) < 4.78 is 3.98. The Hall–Kier alpha value is -5.16. The quantitative estimate of drug-likeness (QED) is 0.148. The number of fused-ring (bicyclic) bond motifs is 2. The minimum absolute atomic E-state index is 0.191. The summed E-state index contributed by atoms with van der Waals surface area (Å²) >= 11 is 1.65. The molecule has 13 heteroatoms. The molecule has 274 valence electrons. The van der Waals surface area contributed by atoms with E-state index in [1.807, 2.05) is 30.3 Å². The number of amides is 3. The SMILES string of the molecule is CN(CC#Cc1cccc2c1n(C)c(=O)n2C1CCC(=O)NC1=O)CC1CCC(c2nc3cc(C(C)(C)O)c(NC(=O)c4ccccn4)cc3s2)CC1. The van der Waals surface area contributed by atoms with E-state index in [0.29, 0.717) is 46.4 Å². The zero-order valence-electron chi connectivity index (χ0n) is 30.3. The number of anilines is 1. The van der Waals surface area contributed by atoms with Gasteiger partial charge in [0.1, 0.15) is 11.7 Å². The predicted octanol–water partition coefficient (Wildman–Crippen LogP) is 5.06. The zero-order valence-corrected chi connectivity index (χ0v) is 31.1. The maximum Gasteiger partial charge on any atom is 0.329 e. The highest BCUT2D eigenvalue weighted by Crippen LogP contribution is 2.41. The number of rotatable bonds is 8. The lowest BCUT2D eigenvalue weighted by Crippen LogP contribution is -2.44. The number of benzene rings is 2. The first-order valence-electron chi connectivity index (χ1n) is 18.0. The Kier molecular flexibility index (Phi) is 10.0. The predicted molar refractivity (Wildman–Crippen MR) is 205 cm³/mol. The average molecular weight is 734 g/mol. The molecule has 1 atom stereocenters. The Labute approximate surface area is 311 Å². The van der Waals surface area contributed by atoms with Crippen molar-refractivity contribution < 1.29 is 19.5 Å². The number of aliphatic hydroxyl groups is 1. The van der Waals surface area contributed by atoms with E-state index < -0.39 is 17.6 Å². The van der Waals surface area contributed by atoms with Crippen molar-refractivity contribution >= 4 is 56.0 Å². The highest BCUT2D eigenvalue weighted by molar-refractivity contribution is 7.18. The minimum atomic E-state index is -1.19.